The van der Waals surface area contributed by atoms with E-state index in [0.717, 1.165) is 24.0 Å². The zero-order valence-electron chi connectivity index (χ0n) is 14.8. The highest BCUT2D eigenvalue weighted by molar-refractivity contribution is 7.79. The SMILES string of the molecule is O=C(Nc1cccc(-c2ccc(S(=O)O)cc2)n1)C1(c2ccc(O)cc2)CC1. The lowest BCUT2D eigenvalue weighted by Crippen LogP contribution is -2.28. The first kappa shape index (κ1) is 18.3. The van der Waals surface area contributed by atoms with Gasteiger partial charge in [0.25, 0.3) is 0 Å². The number of phenols is 1. The molecule has 1 unspecified atom stereocenters. The second kappa shape index (κ2) is 7.18. The molecule has 0 saturated heterocycles. The summed E-state index contributed by atoms with van der Waals surface area (Å²) >= 11 is -2.02. The molecule has 4 rings (SSSR count). The molecule has 1 heterocycles. The normalized spacial score (nSPS) is 15.6. The van der Waals surface area contributed by atoms with E-state index >= 15 is 0 Å². The highest BCUT2D eigenvalue weighted by atomic mass is 32.2. The van der Waals surface area contributed by atoms with Crippen molar-refractivity contribution in [2.45, 2.75) is 23.2 Å². The Kier molecular flexibility index (Phi) is 4.70. The van der Waals surface area contributed by atoms with E-state index in [9.17, 15) is 14.1 Å². The molecule has 2 aromatic carbocycles. The van der Waals surface area contributed by atoms with Crippen molar-refractivity contribution in [1.82, 2.24) is 4.98 Å². The molecule has 142 valence electrons. The van der Waals surface area contributed by atoms with E-state index in [4.69, 9.17) is 4.55 Å². The predicted octanol–water partition coefficient (Wildman–Crippen LogP) is 3.71. The standard InChI is InChI=1S/C21H18N2O4S/c24-16-8-6-15(7-9-16)21(12-13-21)20(25)23-19-3-1-2-18(22-19)14-4-10-17(11-5-14)28(26)27/h1-11,24H,12-13H2,(H,26,27)(H,22,23,25). The summed E-state index contributed by atoms with van der Waals surface area (Å²) in [7, 11) is 0. The van der Waals surface area contributed by atoms with Gasteiger partial charge in [-0.15, -0.1) is 0 Å². The van der Waals surface area contributed by atoms with E-state index in [1.54, 1.807) is 60.7 Å². The van der Waals surface area contributed by atoms with Crippen LogP contribution in [0, 0.1) is 0 Å². The maximum absolute atomic E-state index is 12.9. The van der Waals surface area contributed by atoms with Crippen LogP contribution in [-0.2, 0) is 21.3 Å². The van der Waals surface area contributed by atoms with Crippen LogP contribution in [0.4, 0.5) is 5.82 Å². The van der Waals surface area contributed by atoms with Crippen LogP contribution in [0.5, 0.6) is 5.75 Å². The molecule has 1 saturated carbocycles. The lowest BCUT2D eigenvalue weighted by Gasteiger charge is -2.16. The van der Waals surface area contributed by atoms with Gasteiger partial charge in [-0.1, -0.05) is 30.3 Å². The van der Waals surface area contributed by atoms with Crippen LogP contribution in [0.3, 0.4) is 0 Å². The highest BCUT2D eigenvalue weighted by Crippen LogP contribution is 2.49. The monoisotopic (exact) mass is 394 g/mol. The molecule has 0 aliphatic heterocycles. The first-order chi connectivity index (χ1) is 13.5. The molecule has 6 nitrogen and oxygen atoms in total. The quantitative estimate of drug-likeness (QED) is 0.573. The van der Waals surface area contributed by atoms with Gasteiger partial charge in [-0.05, 0) is 54.8 Å². The number of carbonyl (C=O) groups is 1. The van der Waals surface area contributed by atoms with Crippen molar-refractivity contribution in [2.75, 3.05) is 5.32 Å². The van der Waals surface area contributed by atoms with E-state index in [1.165, 1.54) is 0 Å². The number of aromatic nitrogens is 1. The maximum atomic E-state index is 12.9. The van der Waals surface area contributed by atoms with Crippen LogP contribution in [0.15, 0.2) is 71.6 Å². The number of nitrogens with one attached hydrogen (secondary N) is 1. The van der Waals surface area contributed by atoms with Gasteiger partial charge in [0.1, 0.15) is 11.6 Å². The van der Waals surface area contributed by atoms with Gasteiger partial charge in [0.2, 0.25) is 5.91 Å². The summed E-state index contributed by atoms with van der Waals surface area (Å²) in [6, 6.07) is 18.7. The van der Waals surface area contributed by atoms with Crippen molar-refractivity contribution in [2.24, 2.45) is 0 Å². The molecule has 3 aromatic rings. The largest absolute Gasteiger partial charge is 0.508 e. The number of amides is 1. The molecule has 1 aliphatic rings. The number of pyridine rings is 1. The maximum Gasteiger partial charge on any atom is 0.236 e. The summed E-state index contributed by atoms with van der Waals surface area (Å²) in [5.74, 6) is 0.501. The Balaban J connectivity index is 1.54. The van der Waals surface area contributed by atoms with E-state index in [-0.39, 0.29) is 11.7 Å². The zero-order valence-corrected chi connectivity index (χ0v) is 15.6. The molecule has 0 spiro atoms. The van der Waals surface area contributed by atoms with E-state index in [0.29, 0.717) is 16.4 Å². The Bertz CT molecular complexity index is 1040. The third-order valence-corrected chi connectivity index (χ3v) is 5.62. The van der Waals surface area contributed by atoms with Gasteiger partial charge in [0.05, 0.1) is 16.0 Å². The van der Waals surface area contributed by atoms with Crippen molar-refractivity contribution in [1.29, 1.82) is 0 Å². The Morgan fingerprint density at radius 3 is 2.29 bits per heavy atom. The van der Waals surface area contributed by atoms with Crippen molar-refractivity contribution in [3.8, 4) is 17.0 Å². The van der Waals surface area contributed by atoms with E-state index in [2.05, 4.69) is 10.3 Å². The van der Waals surface area contributed by atoms with Crippen molar-refractivity contribution < 1.29 is 18.7 Å². The first-order valence-corrected chi connectivity index (χ1v) is 9.88. The third-order valence-electron chi connectivity index (χ3n) is 4.95. The summed E-state index contributed by atoms with van der Waals surface area (Å²) in [5.41, 5.74) is 1.75. The van der Waals surface area contributed by atoms with Gasteiger partial charge in [-0.2, -0.15) is 0 Å². The minimum absolute atomic E-state index is 0.117. The summed E-state index contributed by atoms with van der Waals surface area (Å²) in [5, 5.41) is 12.4. The summed E-state index contributed by atoms with van der Waals surface area (Å²) < 4.78 is 20.2. The van der Waals surface area contributed by atoms with Crippen LogP contribution in [0.2, 0.25) is 0 Å². The molecule has 1 fully saturated rings. The Labute approximate surface area is 164 Å². The molecule has 1 aromatic heterocycles. The molecular formula is C21H18N2O4S. The third kappa shape index (κ3) is 3.54. The fourth-order valence-corrected chi connectivity index (χ4v) is 3.56. The molecule has 3 N–H and O–H groups in total. The molecule has 1 atom stereocenters. The van der Waals surface area contributed by atoms with Gasteiger partial charge < -0.3 is 15.0 Å². The number of hydrogen-bond acceptors (Lipinski definition) is 4. The number of rotatable bonds is 5. The minimum Gasteiger partial charge on any atom is -0.508 e. The van der Waals surface area contributed by atoms with Crippen molar-refractivity contribution in [3.05, 3.63) is 72.3 Å². The first-order valence-electron chi connectivity index (χ1n) is 8.77. The molecule has 28 heavy (non-hydrogen) atoms. The molecule has 1 aliphatic carbocycles. The second-order valence-electron chi connectivity index (χ2n) is 6.76. The molecule has 7 heteroatoms. The lowest BCUT2D eigenvalue weighted by molar-refractivity contribution is -0.118. The van der Waals surface area contributed by atoms with Crippen LogP contribution in [0.1, 0.15) is 18.4 Å². The Hall–Kier alpha value is -3.03. The predicted molar refractivity (Wildman–Crippen MR) is 106 cm³/mol. The van der Waals surface area contributed by atoms with Gasteiger partial charge in [-0.3, -0.25) is 4.79 Å². The minimum atomic E-state index is -2.02. The van der Waals surface area contributed by atoms with E-state index in [1.807, 2.05) is 6.07 Å². The number of aromatic hydroxyl groups is 1. The molecule has 0 bridgehead atoms. The Morgan fingerprint density at radius 1 is 1.00 bits per heavy atom. The van der Waals surface area contributed by atoms with Crippen LogP contribution in [0.25, 0.3) is 11.3 Å². The van der Waals surface area contributed by atoms with Crippen LogP contribution < -0.4 is 5.32 Å². The fourth-order valence-electron chi connectivity index (χ4n) is 3.20. The molecular weight excluding hydrogens is 376 g/mol. The molecule has 0 radical (unpaired) electrons. The lowest BCUT2D eigenvalue weighted by atomic mass is 9.95. The van der Waals surface area contributed by atoms with Gasteiger partial charge in [0, 0.05) is 5.56 Å². The van der Waals surface area contributed by atoms with E-state index < -0.39 is 16.5 Å². The van der Waals surface area contributed by atoms with Crippen LogP contribution >= 0.6 is 0 Å². The van der Waals surface area contributed by atoms with Gasteiger partial charge >= 0.3 is 0 Å². The average Bonchev–Trinajstić information content (AvgIpc) is 3.51. The average molecular weight is 394 g/mol. The summed E-state index contributed by atoms with van der Waals surface area (Å²) in [4.78, 5) is 17.7. The number of phenolic OH excluding ortho intramolecular Hbond substituents is 1. The second-order valence-corrected chi connectivity index (χ2v) is 7.73. The fraction of sp³-hybridized carbons (Fsp3) is 0.143. The summed E-state index contributed by atoms with van der Waals surface area (Å²) in [6.07, 6.45) is 1.51. The van der Waals surface area contributed by atoms with Gasteiger partial charge in [0.15, 0.2) is 11.1 Å². The topological polar surface area (TPSA) is 99.5 Å². The van der Waals surface area contributed by atoms with Crippen LogP contribution in [-0.4, -0.2) is 24.8 Å². The Morgan fingerprint density at radius 2 is 1.68 bits per heavy atom. The van der Waals surface area contributed by atoms with Gasteiger partial charge in [-0.25, -0.2) is 9.19 Å². The zero-order chi connectivity index (χ0) is 19.7. The van der Waals surface area contributed by atoms with Crippen molar-refractivity contribution >= 4 is 22.8 Å². The number of anilines is 1. The summed E-state index contributed by atoms with van der Waals surface area (Å²) in [6.45, 7) is 0. The molecule has 1 amide bonds. The number of benzene rings is 2. The van der Waals surface area contributed by atoms with Crippen molar-refractivity contribution in [3.63, 3.8) is 0 Å². The number of nitrogens with zero attached hydrogens (tertiary/aromatic N) is 1. The number of carbonyl (C=O) groups excluding carboxylic acids is 1. The smallest absolute Gasteiger partial charge is 0.236 e. The highest BCUT2D eigenvalue weighted by Gasteiger charge is 2.51. The number of hydrogen-bond donors (Lipinski definition) is 3.